The van der Waals surface area contributed by atoms with Gasteiger partial charge in [0.05, 0.1) is 19.2 Å². The van der Waals surface area contributed by atoms with E-state index in [-0.39, 0.29) is 29.8 Å². The van der Waals surface area contributed by atoms with Crippen LogP contribution in [0, 0.1) is 12.7 Å². The van der Waals surface area contributed by atoms with Crippen molar-refractivity contribution in [3.8, 4) is 5.75 Å². The van der Waals surface area contributed by atoms with E-state index in [1.807, 2.05) is 36.6 Å². The van der Waals surface area contributed by atoms with Crippen LogP contribution in [0.25, 0.3) is 0 Å². The normalized spacial score (nSPS) is 14.6. The Labute approximate surface area is 203 Å². The highest BCUT2D eigenvalue weighted by molar-refractivity contribution is 7.10. The summed E-state index contributed by atoms with van der Waals surface area (Å²) in [4.78, 5) is 29.9. The lowest BCUT2D eigenvalue weighted by Gasteiger charge is -2.33. The van der Waals surface area contributed by atoms with Gasteiger partial charge < -0.3 is 10.1 Å². The molecule has 1 aromatic heterocycles. The Hall–Kier alpha value is -3.19. The summed E-state index contributed by atoms with van der Waals surface area (Å²) in [5, 5.41) is 4.99. The number of hydrogen-bond acceptors (Lipinski definition) is 4. The van der Waals surface area contributed by atoms with E-state index >= 15 is 4.39 Å². The van der Waals surface area contributed by atoms with Crippen molar-refractivity contribution >= 4 is 28.8 Å². The van der Waals surface area contributed by atoms with Gasteiger partial charge in [0.2, 0.25) is 11.8 Å². The van der Waals surface area contributed by atoms with Gasteiger partial charge in [0.1, 0.15) is 17.6 Å². The zero-order chi connectivity index (χ0) is 24.1. The minimum Gasteiger partial charge on any atom is -0.495 e. The van der Waals surface area contributed by atoms with Crippen LogP contribution in [0.5, 0.6) is 5.75 Å². The van der Waals surface area contributed by atoms with Crippen LogP contribution in [0.1, 0.15) is 47.7 Å². The Morgan fingerprint density at radius 3 is 2.59 bits per heavy atom. The zero-order valence-electron chi connectivity index (χ0n) is 19.4. The Bertz CT molecular complexity index is 1140. The molecule has 1 aliphatic rings. The number of carbonyl (C=O) groups excluding carboxylic acids is 2. The number of methoxy groups -OCH3 is 1. The van der Waals surface area contributed by atoms with E-state index in [2.05, 4.69) is 5.32 Å². The van der Waals surface area contributed by atoms with Gasteiger partial charge in [-0.15, -0.1) is 11.3 Å². The lowest BCUT2D eigenvalue weighted by molar-refractivity contribution is -0.127. The number of hydrogen-bond donors (Lipinski definition) is 1. The summed E-state index contributed by atoms with van der Waals surface area (Å²) >= 11 is 1.47. The predicted molar refractivity (Wildman–Crippen MR) is 133 cm³/mol. The zero-order valence-corrected chi connectivity index (χ0v) is 20.2. The summed E-state index contributed by atoms with van der Waals surface area (Å²) in [6.07, 6.45) is 3.94. The van der Waals surface area contributed by atoms with E-state index in [1.165, 1.54) is 29.4 Å². The second-order valence-corrected chi connectivity index (χ2v) is 9.64. The van der Waals surface area contributed by atoms with Gasteiger partial charge >= 0.3 is 0 Å². The number of carbonyl (C=O) groups is 2. The predicted octanol–water partition coefficient (Wildman–Crippen LogP) is 5.58. The fourth-order valence-corrected chi connectivity index (χ4v) is 5.19. The molecule has 0 bridgehead atoms. The first-order valence-electron chi connectivity index (χ1n) is 11.5. The monoisotopic (exact) mass is 480 g/mol. The molecule has 1 heterocycles. The number of rotatable bonds is 8. The van der Waals surface area contributed by atoms with Crippen LogP contribution in [0.3, 0.4) is 0 Å². The molecule has 0 aliphatic heterocycles. The summed E-state index contributed by atoms with van der Waals surface area (Å²) in [5.41, 5.74) is 1.49. The lowest BCUT2D eigenvalue weighted by atomic mass is 10.0. The fraction of sp³-hybridized carbons (Fsp3) is 0.333. The molecule has 1 unspecified atom stereocenters. The molecule has 2 amide bonds. The highest BCUT2D eigenvalue weighted by atomic mass is 32.1. The molecular weight excluding hydrogens is 451 g/mol. The molecule has 4 rings (SSSR count). The molecule has 5 nitrogen and oxygen atoms in total. The number of nitrogens with zero attached hydrogens (tertiary/aromatic N) is 1. The molecule has 3 aromatic rings. The van der Waals surface area contributed by atoms with Gasteiger partial charge in [0, 0.05) is 16.5 Å². The van der Waals surface area contributed by atoms with E-state index in [0.717, 1.165) is 36.1 Å². The molecule has 1 saturated carbocycles. The maximum absolute atomic E-state index is 15.1. The topological polar surface area (TPSA) is 58.6 Å². The maximum Gasteiger partial charge on any atom is 0.248 e. The molecule has 0 saturated heterocycles. The Morgan fingerprint density at radius 2 is 1.91 bits per heavy atom. The van der Waals surface area contributed by atoms with Gasteiger partial charge in [0.15, 0.2) is 0 Å². The summed E-state index contributed by atoms with van der Waals surface area (Å²) in [6, 6.07) is 14.2. The van der Waals surface area contributed by atoms with Crippen molar-refractivity contribution in [3.63, 3.8) is 0 Å². The molecule has 1 atom stereocenters. The molecule has 1 fully saturated rings. The summed E-state index contributed by atoms with van der Waals surface area (Å²) < 4.78 is 20.7. The third-order valence-electron chi connectivity index (χ3n) is 6.18. The average Bonchev–Trinajstić information content (AvgIpc) is 3.52. The average molecular weight is 481 g/mol. The first kappa shape index (κ1) is 24.0. The molecule has 178 valence electrons. The smallest absolute Gasteiger partial charge is 0.248 e. The van der Waals surface area contributed by atoms with Gasteiger partial charge in [-0.1, -0.05) is 43.2 Å². The van der Waals surface area contributed by atoms with Crippen LogP contribution in [0.2, 0.25) is 0 Å². The van der Waals surface area contributed by atoms with Crippen LogP contribution < -0.4 is 15.0 Å². The molecule has 1 N–H and O–H groups in total. The third-order valence-corrected chi connectivity index (χ3v) is 7.05. The van der Waals surface area contributed by atoms with E-state index in [1.54, 1.807) is 24.3 Å². The quantitative estimate of drug-likeness (QED) is 0.458. The second kappa shape index (κ2) is 10.8. The highest BCUT2D eigenvalue weighted by Gasteiger charge is 2.37. The largest absolute Gasteiger partial charge is 0.495 e. The van der Waals surface area contributed by atoms with Crippen molar-refractivity contribution in [1.82, 2.24) is 5.32 Å². The van der Waals surface area contributed by atoms with Crippen molar-refractivity contribution in [2.75, 3.05) is 12.0 Å². The van der Waals surface area contributed by atoms with Crippen LogP contribution in [0.4, 0.5) is 10.1 Å². The minimum atomic E-state index is -1.18. The SMILES string of the molecule is COc1ccc(C)cc1N(C(=O)Cc1cccs1)C(C(=O)NC1CCCC1)c1ccccc1F. The number of benzene rings is 2. The van der Waals surface area contributed by atoms with Gasteiger partial charge in [0.25, 0.3) is 0 Å². The van der Waals surface area contributed by atoms with Crippen LogP contribution >= 0.6 is 11.3 Å². The van der Waals surface area contributed by atoms with Crippen molar-refractivity contribution in [2.24, 2.45) is 0 Å². The number of thiophene rings is 1. The Morgan fingerprint density at radius 1 is 1.15 bits per heavy atom. The van der Waals surface area contributed by atoms with Gasteiger partial charge in [-0.2, -0.15) is 0 Å². The molecule has 2 aromatic carbocycles. The molecule has 7 heteroatoms. The number of anilines is 1. The highest BCUT2D eigenvalue weighted by Crippen LogP contribution is 2.37. The van der Waals surface area contributed by atoms with Gasteiger partial charge in [-0.3, -0.25) is 14.5 Å². The van der Waals surface area contributed by atoms with Gasteiger partial charge in [-0.05, 0) is 55.0 Å². The maximum atomic E-state index is 15.1. The third kappa shape index (κ3) is 5.30. The number of aryl methyl sites for hydroxylation is 1. The molecule has 0 spiro atoms. The Kier molecular flexibility index (Phi) is 7.63. The standard InChI is InChI=1S/C27H29FN2O3S/c1-18-13-14-24(33-2)23(16-18)30(25(31)17-20-10-7-15-34-20)26(21-11-5-6-12-22(21)28)27(32)29-19-8-3-4-9-19/h5-7,10-16,19,26H,3-4,8-9,17H2,1-2H3,(H,29,32). The molecular formula is C27H29FN2O3S. The van der Waals surface area contributed by atoms with E-state index in [9.17, 15) is 9.59 Å². The lowest BCUT2D eigenvalue weighted by Crippen LogP contribution is -2.47. The van der Waals surface area contributed by atoms with Crippen LogP contribution in [-0.4, -0.2) is 25.0 Å². The molecule has 0 radical (unpaired) electrons. The second-order valence-electron chi connectivity index (χ2n) is 8.61. The Balaban J connectivity index is 1.84. The van der Waals surface area contributed by atoms with E-state index in [4.69, 9.17) is 4.74 Å². The first-order chi connectivity index (χ1) is 16.5. The fourth-order valence-electron chi connectivity index (χ4n) is 4.50. The summed E-state index contributed by atoms with van der Waals surface area (Å²) in [5.74, 6) is -0.781. The molecule has 1 aliphatic carbocycles. The van der Waals surface area contributed by atoms with Crippen LogP contribution in [-0.2, 0) is 16.0 Å². The van der Waals surface area contributed by atoms with Gasteiger partial charge in [-0.25, -0.2) is 4.39 Å². The van der Waals surface area contributed by atoms with Crippen molar-refractivity contribution in [3.05, 3.63) is 81.8 Å². The van der Waals surface area contributed by atoms with Crippen molar-refractivity contribution < 1.29 is 18.7 Å². The summed E-state index contributed by atoms with van der Waals surface area (Å²) in [6.45, 7) is 1.90. The van der Waals surface area contributed by atoms with Crippen molar-refractivity contribution in [2.45, 2.75) is 51.1 Å². The van der Waals surface area contributed by atoms with Crippen LogP contribution in [0.15, 0.2) is 60.0 Å². The first-order valence-corrected chi connectivity index (χ1v) is 12.4. The van der Waals surface area contributed by atoms with E-state index < -0.39 is 11.9 Å². The number of ether oxygens (including phenoxy) is 1. The number of amides is 2. The van der Waals surface area contributed by atoms with Crippen molar-refractivity contribution in [1.29, 1.82) is 0 Å². The summed E-state index contributed by atoms with van der Waals surface area (Å²) in [7, 11) is 1.52. The number of halogens is 1. The minimum absolute atomic E-state index is 0.0235. The van der Waals surface area contributed by atoms with E-state index in [0.29, 0.717) is 11.4 Å². The molecule has 34 heavy (non-hydrogen) atoms. The number of nitrogens with one attached hydrogen (secondary N) is 1.